The monoisotopic (exact) mass is 261 g/mol. The minimum atomic E-state index is 0.671. The Kier molecular flexibility index (Phi) is 3.50. The molecule has 0 spiro atoms. The van der Waals surface area contributed by atoms with Crippen LogP contribution in [0.1, 0.15) is 12.8 Å². The van der Waals surface area contributed by atoms with Crippen molar-refractivity contribution in [2.75, 3.05) is 31.6 Å². The number of aromatic nitrogens is 3. The minimum Gasteiger partial charge on any atom is -0.461 e. The SMILES string of the molecule is CNCC1CCCN(c2n[nH]c(-c3ccco3)n2)C1. The minimum absolute atomic E-state index is 0.671. The second-order valence-electron chi connectivity index (χ2n) is 4.97. The van der Waals surface area contributed by atoms with Crippen LogP contribution in [0.5, 0.6) is 0 Å². The predicted molar refractivity (Wildman–Crippen MR) is 72.9 cm³/mol. The molecule has 1 unspecified atom stereocenters. The quantitative estimate of drug-likeness (QED) is 0.873. The number of furan rings is 1. The second kappa shape index (κ2) is 5.44. The third-order valence-corrected chi connectivity index (χ3v) is 3.52. The maximum atomic E-state index is 5.32. The van der Waals surface area contributed by atoms with E-state index in [1.165, 1.54) is 12.8 Å². The molecule has 102 valence electrons. The van der Waals surface area contributed by atoms with Crippen molar-refractivity contribution >= 4 is 5.95 Å². The zero-order valence-corrected chi connectivity index (χ0v) is 11.1. The van der Waals surface area contributed by atoms with E-state index in [4.69, 9.17) is 4.42 Å². The van der Waals surface area contributed by atoms with Crippen LogP contribution in [0.25, 0.3) is 11.6 Å². The average Bonchev–Trinajstić information content (AvgIpc) is 3.11. The summed E-state index contributed by atoms with van der Waals surface area (Å²) in [6, 6.07) is 3.73. The van der Waals surface area contributed by atoms with Gasteiger partial charge in [-0.1, -0.05) is 0 Å². The second-order valence-corrected chi connectivity index (χ2v) is 4.97. The van der Waals surface area contributed by atoms with E-state index in [2.05, 4.69) is 25.4 Å². The number of hydrogen-bond donors (Lipinski definition) is 2. The third-order valence-electron chi connectivity index (χ3n) is 3.52. The Balaban J connectivity index is 1.72. The van der Waals surface area contributed by atoms with Gasteiger partial charge in [-0.2, -0.15) is 4.98 Å². The van der Waals surface area contributed by atoms with Gasteiger partial charge in [-0.3, -0.25) is 5.10 Å². The Bertz CT molecular complexity index is 505. The summed E-state index contributed by atoms with van der Waals surface area (Å²) < 4.78 is 5.32. The molecule has 19 heavy (non-hydrogen) atoms. The number of hydrogen-bond acceptors (Lipinski definition) is 5. The number of anilines is 1. The lowest BCUT2D eigenvalue weighted by atomic mass is 9.98. The Morgan fingerprint density at radius 3 is 3.32 bits per heavy atom. The van der Waals surface area contributed by atoms with Gasteiger partial charge in [0.2, 0.25) is 5.95 Å². The highest BCUT2D eigenvalue weighted by atomic mass is 16.3. The van der Waals surface area contributed by atoms with E-state index in [-0.39, 0.29) is 0 Å². The van der Waals surface area contributed by atoms with Gasteiger partial charge in [0.25, 0.3) is 0 Å². The summed E-state index contributed by atoms with van der Waals surface area (Å²) in [4.78, 5) is 6.76. The zero-order chi connectivity index (χ0) is 13.1. The number of nitrogens with one attached hydrogen (secondary N) is 2. The van der Waals surface area contributed by atoms with Crippen LogP contribution in [0, 0.1) is 5.92 Å². The van der Waals surface area contributed by atoms with Crippen LogP contribution >= 0.6 is 0 Å². The number of H-pyrrole nitrogens is 1. The molecule has 3 rings (SSSR count). The van der Waals surface area contributed by atoms with Gasteiger partial charge in [0.05, 0.1) is 6.26 Å². The van der Waals surface area contributed by atoms with Crippen LogP contribution in [-0.4, -0.2) is 41.9 Å². The van der Waals surface area contributed by atoms with E-state index in [1.54, 1.807) is 6.26 Å². The highest BCUT2D eigenvalue weighted by Gasteiger charge is 2.22. The molecular formula is C13H19N5O. The summed E-state index contributed by atoms with van der Waals surface area (Å²) in [5, 5.41) is 10.5. The van der Waals surface area contributed by atoms with Crippen LogP contribution in [0.4, 0.5) is 5.95 Å². The molecule has 0 bridgehead atoms. The van der Waals surface area contributed by atoms with Gasteiger partial charge in [-0.15, -0.1) is 5.10 Å². The summed E-state index contributed by atoms with van der Waals surface area (Å²) in [7, 11) is 2.00. The van der Waals surface area contributed by atoms with Crippen molar-refractivity contribution < 1.29 is 4.42 Å². The van der Waals surface area contributed by atoms with Crippen LogP contribution in [0.15, 0.2) is 22.8 Å². The predicted octanol–water partition coefficient (Wildman–Crippen LogP) is 1.50. The fourth-order valence-corrected chi connectivity index (χ4v) is 2.62. The van der Waals surface area contributed by atoms with E-state index in [0.717, 1.165) is 31.3 Å². The summed E-state index contributed by atoms with van der Waals surface area (Å²) in [5.74, 6) is 2.86. The third kappa shape index (κ3) is 2.63. The summed E-state index contributed by atoms with van der Waals surface area (Å²) >= 11 is 0. The van der Waals surface area contributed by atoms with Gasteiger partial charge in [0, 0.05) is 13.1 Å². The van der Waals surface area contributed by atoms with Gasteiger partial charge in [0.1, 0.15) is 0 Å². The van der Waals surface area contributed by atoms with E-state index in [0.29, 0.717) is 11.7 Å². The zero-order valence-electron chi connectivity index (χ0n) is 11.1. The molecule has 1 aliphatic rings. The highest BCUT2D eigenvalue weighted by molar-refractivity contribution is 5.48. The molecule has 0 radical (unpaired) electrons. The number of nitrogens with zero attached hydrogens (tertiary/aromatic N) is 3. The van der Waals surface area contributed by atoms with Gasteiger partial charge >= 0.3 is 0 Å². The van der Waals surface area contributed by atoms with Crippen LogP contribution in [-0.2, 0) is 0 Å². The van der Waals surface area contributed by atoms with E-state index >= 15 is 0 Å². The van der Waals surface area contributed by atoms with Crippen molar-refractivity contribution in [1.29, 1.82) is 0 Å². The van der Waals surface area contributed by atoms with Crippen molar-refractivity contribution in [3.8, 4) is 11.6 Å². The average molecular weight is 261 g/mol. The summed E-state index contributed by atoms with van der Waals surface area (Å²) in [6.07, 6.45) is 4.10. The molecule has 1 saturated heterocycles. The van der Waals surface area contributed by atoms with Crippen molar-refractivity contribution in [2.24, 2.45) is 5.92 Å². The van der Waals surface area contributed by atoms with Gasteiger partial charge < -0.3 is 14.6 Å². The smallest absolute Gasteiger partial charge is 0.245 e. The van der Waals surface area contributed by atoms with Crippen molar-refractivity contribution in [2.45, 2.75) is 12.8 Å². The summed E-state index contributed by atoms with van der Waals surface area (Å²) in [6.45, 7) is 3.08. The molecule has 2 aromatic heterocycles. The first kappa shape index (κ1) is 12.2. The molecule has 1 atom stereocenters. The van der Waals surface area contributed by atoms with E-state index in [9.17, 15) is 0 Å². The Morgan fingerprint density at radius 1 is 1.58 bits per heavy atom. The van der Waals surface area contributed by atoms with Crippen molar-refractivity contribution in [3.05, 3.63) is 18.4 Å². The van der Waals surface area contributed by atoms with Crippen LogP contribution in [0.3, 0.4) is 0 Å². The molecular weight excluding hydrogens is 242 g/mol. The normalized spacial score (nSPS) is 19.8. The van der Waals surface area contributed by atoms with Crippen molar-refractivity contribution in [1.82, 2.24) is 20.5 Å². The topological polar surface area (TPSA) is 70.0 Å². The van der Waals surface area contributed by atoms with E-state index in [1.807, 2.05) is 19.2 Å². The maximum Gasteiger partial charge on any atom is 0.245 e. The first-order valence-electron chi connectivity index (χ1n) is 6.72. The number of rotatable bonds is 4. The first-order chi connectivity index (χ1) is 9.36. The molecule has 1 aliphatic heterocycles. The fraction of sp³-hybridized carbons (Fsp3) is 0.538. The Morgan fingerprint density at radius 2 is 2.53 bits per heavy atom. The summed E-state index contributed by atoms with van der Waals surface area (Å²) in [5.41, 5.74) is 0. The van der Waals surface area contributed by atoms with Gasteiger partial charge in [0.15, 0.2) is 11.6 Å². The maximum absolute atomic E-state index is 5.32. The van der Waals surface area contributed by atoms with E-state index < -0.39 is 0 Å². The number of piperidine rings is 1. The van der Waals surface area contributed by atoms with Gasteiger partial charge in [-0.05, 0) is 44.5 Å². The molecule has 3 heterocycles. The van der Waals surface area contributed by atoms with Crippen molar-refractivity contribution in [3.63, 3.8) is 0 Å². The molecule has 0 aliphatic carbocycles. The molecule has 0 amide bonds. The molecule has 0 aromatic carbocycles. The number of aromatic amines is 1. The molecule has 1 fully saturated rings. The fourth-order valence-electron chi connectivity index (χ4n) is 2.62. The first-order valence-corrected chi connectivity index (χ1v) is 6.72. The molecule has 2 aromatic rings. The molecule has 0 saturated carbocycles. The molecule has 6 nitrogen and oxygen atoms in total. The lowest BCUT2D eigenvalue weighted by molar-refractivity contribution is 0.399. The Hall–Kier alpha value is -1.82. The standard InChI is InChI=1S/C13H19N5O/c1-14-8-10-4-2-6-18(9-10)13-15-12(16-17-13)11-5-3-7-19-11/h3,5,7,10,14H,2,4,6,8-9H2,1H3,(H,15,16,17). The van der Waals surface area contributed by atoms with Crippen LogP contribution in [0.2, 0.25) is 0 Å². The lowest BCUT2D eigenvalue weighted by Crippen LogP contribution is -2.39. The van der Waals surface area contributed by atoms with Crippen LogP contribution < -0.4 is 10.2 Å². The largest absolute Gasteiger partial charge is 0.461 e. The highest BCUT2D eigenvalue weighted by Crippen LogP contribution is 2.22. The van der Waals surface area contributed by atoms with Gasteiger partial charge in [-0.25, -0.2) is 0 Å². The molecule has 6 heteroatoms. The Labute approximate surface area is 112 Å². The molecule has 2 N–H and O–H groups in total. The lowest BCUT2D eigenvalue weighted by Gasteiger charge is -2.31.